The van der Waals surface area contributed by atoms with Gasteiger partial charge in [0.15, 0.2) is 5.76 Å². The highest BCUT2D eigenvalue weighted by molar-refractivity contribution is 5.91. The van der Waals surface area contributed by atoms with Crippen molar-refractivity contribution in [2.75, 3.05) is 7.11 Å². The predicted molar refractivity (Wildman–Crippen MR) is 129 cm³/mol. The Hall–Kier alpha value is -3.65. The average molecular weight is 471 g/mol. The zero-order valence-electron chi connectivity index (χ0n) is 19.7. The molecule has 0 aliphatic rings. The number of aromatic hydroxyl groups is 4. The molecule has 0 bridgehead atoms. The number of phenolic OH excluding ortho intramolecular Hbond substituents is 3. The van der Waals surface area contributed by atoms with Gasteiger partial charge >= 0.3 is 0 Å². The number of aliphatic hydroxyl groups is 1. The highest BCUT2D eigenvalue weighted by Crippen LogP contribution is 2.42. The van der Waals surface area contributed by atoms with E-state index in [2.05, 4.69) is 6.58 Å². The number of hydrogen-bond acceptors (Lipinski definition) is 8. The lowest BCUT2D eigenvalue weighted by Crippen LogP contribution is -2.21. The number of methoxy groups -OCH3 is 1. The molecule has 3 aromatic rings. The highest BCUT2D eigenvalue weighted by Gasteiger charge is 2.27. The van der Waals surface area contributed by atoms with Gasteiger partial charge in [0.2, 0.25) is 11.2 Å². The molecule has 0 unspecified atom stereocenters. The Labute approximate surface area is 197 Å². The summed E-state index contributed by atoms with van der Waals surface area (Å²) in [6.07, 6.45) is 1.29. The number of ether oxygens (including phenoxy) is 1. The molecule has 3 rings (SSSR count). The standard InChI is InChI=1S/C26H30O8/c1-13(2)14(8-9-26(3,4)32)10-17-19(29)12-20(33-5)21-22(30)23(31)25(34-24(17)21)16-7-6-15(27)11-18(16)28/h6-7,11-12,14,27-29,31-32H,1,8-10H2,2-5H3/t14-/m1/s1. The van der Waals surface area contributed by atoms with Crippen molar-refractivity contribution in [1.82, 2.24) is 0 Å². The van der Waals surface area contributed by atoms with Crippen LogP contribution in [0.3, 0.4) is 0 Å². The summed E-state index contributed by atoms with van der Waals surface area (Å²) in [5, 5.41) is 51.4. The van der Waals surface area contributed by atoms with E-state index in [0.717, 1.165) is 11.6 Å². The van der Waals surface area contributed by atoms with E-state index in [0.29, 0.717) is 18.4 Å². The fourth-order valence-electron chi connectivity index (χ4n) is 3.91. The second kappa shape index (κ2) is 9.30. The van der Waals surface area contributed by atoms with Crippen LogP contribution in [0.25, 0.3) is 22.3 Å². The smallest absolute Gasteiger partial charge is 0.238 e. The van der Waals surface area contributed by atoms with Gasteiger partial charge in [0.05, 0.1) is 18.3 Å². The number of benzene rings is 2. The van der Waals surface area contributed by atoms with E-state index in [-0.39, 0.29) is 51.9 Å². The molecule has 8 nitrogen and oxygen atoms in total. The maximum Gasteiger partial charge on any atom is 0.238 e. The average Bonchev–Trinajstić information content (AvgIpc) is 2.73. The first-order valence-electron chi connectivity index (χ1n) is 10.8. The first kappa shape index (κ1) is 25.0. The monoisotopic (exact) mass is 470 g/mol. The summed E-state index contributed by atoms with van der Waals surface area (Å²) in [6.45, 7) is 9.30. The molecule has 0 amide bonds. The molecule has 0 saturated carbocycles. The molecule has 0 saturated heterocycles. The lowest BCUT2D eigenvalue weighted by atomic mass is 9.85. The number of hydrogen-bond donors (Lipinski definition) is 5. The van der Waals surface area contributed by atoms with Crippen molar-refractivity contribution in [2.45, 2.75) is 45.6 Å². The van der Waals surface area contributed by atoms with Crippen molar-refractivity contribution in [2.24, 2.45) is 5.92 Å². The summed E-state index contributed by atoms with van der Waals surface area (Å²) in [6, 6.07) is 4.92. The maximum atomic E-state index is 13.2. The molecule has 1 atom stereocenters. The largest absolute Gasteiger partial charge is 0.508 e. The Balaban J connectivity index is 2.28. The topological polar surface area (TPSA) is 141 Å². The molecule has 0 aliphatic heterocycles. The van der Waals surface area contributed by atoms with E-state index in [1.165, 1.54) is 25.3 Å². The quantitative estimate of drug-likeness (QED) is 0.301. The van der Waals surface area contributed by atoms with Gasteiger partial charge in [-0.05, 0) is 58.1 Å². The van der Waals surface area contributed by atoms with Gasteiger partial charge in [0, 0.05) is 17.7 Å². The molecule has 0 aliphatic carbocycles. The van der Waals surface area contributed by atoms with Crippen LogP contribution in [0.2, 0.25) is 0 Å². The zero-order valence-corrected chi connectivity index (χ0v) is 19.7. The minimum Gasteiger partial charge on any atom is -0.508 e. The lowest BCUT2D eigenvalue weighted by Gasteiger charge is -2.23. The molecule has 8 heteroatoms. The lowest BCUT2D eigenvalue weighted by molar-refractivity contribution is 0.0650. The van der Waals surface area contributed by atoms with Crippen molar-refractivity contribution in [3.8, 4) is 40.1 Å². The third kappa shape index (κ3) is 4.97. The second-order valence-corrected chi connectivity index (χ2v) is 9.19. The molecule has 1 heterocycles. The Kier molecular flexibility index (Phi) is 6.84. The van der Waals surface area contributed by atoms with Crippen molar-refractivity contribution >= 4 is 11.0 Å². The van der Waals surface area contributed by atoms with Gasteiger partial charge in [-0.15, -0.1) is 0 Å². The number of fused-ring (bicyclic) bond motifs is 1. The molecule has 5 N–H and O–H groups in total. The molecule has 1 aromatic heterocycles. The number of allylic oxidation sites excluding steroid dienone is 1. The highest BCUT2D eigenvalue weighted by atomic mass is 16.5. The normalized spacial score (nSPS) is 12.6. The summed E-state index contributed by atoms with van der Waals surface area (Å²) in [5.74, 6) is -1.98. The number of rotatable bonds is 8. The molecule has 0 fully saturated rings. The first-order valence-corrected chi connectivity index (χ1v) is 10.8. The van der Waals surface area contributed by atoms with Crippen LogP contribution < -0.4 is 10.2 Å². The van der Waals surface area contributed by atoms with E-state index >= 15 is 0 Å². The third-order valence-corrected chi connectivity index (χ3v) is 5.88. The fourth-order valence-corrected chi connectivity index (χ4v) is 3.91. The fraction of sp³-hybridized carbons (Fsp3) is 0.346. The molecule has 182 valence electrons. The van der Waals surface area contributed by atoms with Crippen LogP contribution in [0.15, 0.2) is 45.6 Å². The Morgan fingerprint density at radius 1 is 1.15 bits per heavy atom. The van der Waals surface area contributed by atoms with Gasteiger partial charge < -0.3 is 34.7 Å². The number of phenols is 3. The van der Waals surface area contributed by atoms with E-state index < -0.39 is 22.5 Å². The SMILES string of the molecule is C=C(C)[C@H](CCC(C)(C)O)Cc1c(O)cc(OC)c2c(=O)c(O)c(-c3ccc(O)cc3O)oc12. The summed E-state index contributed by atoms with van der Waals surface area (Å²) in [7, 11) is 1.32. The van der Waals surface area contributed by atoms with Crippen LogP contribution in [0.1, 0.15) is 39.2 Å². The van der Waals surface area contributed by atoms with Gasteiger partial charge in [-0.1, -0.05) is 12.2 Å². The van der Waals surface area contributed by atoms with Crippen LogP contribution in [-0.4, -0.2) is 38.2 Å². The maximum absolute atomic E-state index is 13.2. The van der Waals surface area contributed by atoms with E-state index in [1.807, 2.05) is 6.92 Å². The van der Waals surface area contributed by atoms with Gasteiger partial charge in [0.1, 0.15) is 34.0 Å². The van der Waals surface area contributed by atoms with Gasteiger partial charge in [0.25, 0.3) is 0 Å². The van der Waals surface area contributed by atoms with Crippen LogP contribution >= 0.6 is 0 Å². The molecule has 0 spiro atoms. The zero-order chi connectivity index (χ0) is 25.4. The van der Waals surface area contributed by atoms with Gasteiger partial charge in [-0.2, -0.15) is 0 Å². The first-order chi connectivity index (χ1) is 15.8. The van der Waals surface area contributed by atoms with Crippen LogP contribution in [0.4, 0.5) is 0 Å². The summed E-state index contributed by atoms with van der Waals surface area (Å²) in [4.78, 5) is 13.2. The molecule has 2 aromatic carbocycles. The minimum absolute atomic E-state index is 0.00312. The Morgan fingerprint density at radius 3 is 2.38 bits per heavy atom. The third-order valence-electron chi connectivity index (χ3n) is 5.88. The molecular formula is C26H30O8. The summed E-state index contributed by atoms with van der Waals surface area (Å²) >= 11 is 0. The molecular weight excluding hydrogens is 440 g/mol. The van der Waals surface area contributed by atoms with Crippen molar-refractivity contribution < 1.29 is 34.7 Å². The predicted octanol–water partition coefficient (Wildman–Crippen LogP) is 4.58. The molecule has 34 heavy (non-hydrogen) atoms. The van der Waals surface area contributed by atoms with Crippen molar-refractivity contribution in [3.63, 3.8) is 0 Å². The minimum atomic E-state index is -0.889. The molecule has 0 radical (unpaired) electrons. The van der Waals surface area contributed by atoms with E-state index in [4.69, 9.17) is 9.15 Å². The second-order valence-electron chi connectivity index (χ2n) is 9.19. The van der Waals surface area contributed by atoms with Crippen molar-refractivity contribution in [1.29, 1.82) is 0 Å². The summed E-state index contributed by atoms with van der Waals surface area (Å²) < 4.78 is 11.2. The van der Waals surface area contributed by atoms with Gasteiger partial charge in [-0.3, -0.25) is 4.79 Å². The van der Waals surface area contributed by atoms with Gasteiger partial charge in [-0.25, -0.2) is 0 Å². The van der Waals surface area contributed by atoms with E-state index in [1.54, 1.807) is 13.8 Å². The van der Waals surface area contributed by atoms with Crippen LogP contribution in [0.5, 0.6) is 28.7 Å². The Bertz CT molecular complexity index is 1300. The Morgan fingerprint density at radius 2 is 1.82 bits per heavy atom. The van der Waals surface area contributed by atoms with Crippen molar-refractivity contribution in [3.05, 3.63) is 52.2 Å². The van der Waals surface area contributed by atoms with Crippen LogP contribution in [-0.2, 0) is 6.42 Å². The van der Waals surface area contributed by atoms with E-state index in [9.17, 15) is 30.3 Å². The summed E-state index contributed by atoms with van der Waals surface area (Å²) in [5.41, 5.74) is -0.580. The van der Waals surface area contributed by atoms with Crippen LogP contribution in [0, 0.1) is 5.92 Å².